The molecule has 15 heavy (non-hydrogen) atoms. The summed E-state index contributed by atoms with van der Waals surface area (Å²) < 4.78 is 18.8. The van der Waals surface area contributed by atoms with Crippen LogP contribution in [-0.2, 0) is 4.74 Å². The van der Waals surface area contributed by atoms with Crippen LogP contribution in [0.2, 0.25) is 0 Å². The lowest BCUT2D eigenvalue weighted by atomic mass is 10.1. The molecule has 0 radical (unpaired) electrons. The quantitative estimate of drug-likeness (QED) is 0.798. The second-order valence-electron chi connectivity index (χ2n) is 4.81. The van der Waals surface area contributed by atoms with Crippen LogP contribution in [0.25, 0.3) is 0 Å². The Hall–Kier alpha value is -0.450. The minimum atomic E-state index is -1.25. The highest BCUT2D eigenvalue weighted by Gasteiger charge is 2.34. The Morgan fingerprint density at radius 2 is 2.27 bits per heavy atom. The number of thioether (sulfide) groups is 1. The number of alkyl carbamates (subject to hydrolysis) is 1. The molecule has 1 unspecified atom stereocenters. The van der Waals surface area contributed by atoms with Crippen molar-refractivity contribution in [3.8, 4) is 0 Å². The molecule has 0 spiro atoms. The molecule has 1 saturated heterocycles. The van der Waals surface area contributed by atoms with Gasteiger partial charge in [0.1, 0.15) is 11.3 Å². The van der Waals surface area contributed by atoms with E-state index in [9.17, 15) is 9.18 Å². The molecule has 0 aromatic rings. The summed E-state index contributed by atoms with van der Waals surface area (Å²) >= 11 is 1.58. The fraction of sp³-hybridized carbons (Fsp3) is 0.900. The molecule has 0 aliphatic carbocycles. The van der Waals surface area contributed by atoms with Crippen LogP contribution in [0.4, 0.5) is 9.18 Å². The summed E-state index contributed by atoms with van der Waals surface area (Å²) in [4.78, 5) is 11.3. The molecule has 1 atom stereocenters. The maximum Gasteiger partial charge on any atom is 0.407 e. The molecule has 5 heteroatoms. The summed E-state index contributed by atoms with van der Waals surface area (Å²) in [5.74, 6) is 1.29. The van der Waals surface area contributed by atoms with Gasteiger partial charge in [-0.15, -0.1) is 0 Å². The molecule has 1 amide bonds. The van der Waals surface area contributed by atoms with Crippen LogP contribution < -0.4 is 5.32 Å². The highest BCUT2D eigenvalue weighted by Crippen LogP contribution is 2.30. The van der Waals surface area contributed by atoms with E-state index in [4.69, 9.17) is 4.74 Å². The molecule has 1 rings (SSSR count). The van der Waals surface area contributed by atoms with E-state index in [-0.39, 0.29) is 6.54 Å². The van der Waals surface area contributed by atoms with Crippen LogP contribution in [0.3, 0.4) is 0 Å². The van der Waals surface area contributed by atoms with Crippen LogP contribution >= 0.6 is 11.8 Å². The van der Waals surface area contributed by atoms with Gasteiger partial charge in [0, 0.05) is 5.75 Å². The fourth-order valence-electron chi connectivity index (χ4n) is 1.27. The topological polar surface area (TPSA) is 38.3 Å². The van der Waals surface area contributed by atoms with E-state index in [2.05, 4.69) is 5.32 Å². The lowest BCUT2D eigenvalue weighted by Gasteiger charge is -2.22. The van der Waals surface area contributed by atoms with Gasteiger partial charge in [-0.25, -0.2) is 9.18 Å². The van der Waals surface area contributed by atoms with Crippen molar-refractivity contribution in [1.82, 2.24) is 5.32 Å². The van der Waals surface area contributed by atoms with E-state index >= 15 is 0 Å². The van der Waals surface area contributed by atoms with Crippen molar-refractivity contribution in [2.24, 2.45) is 0 Å². The van der Waals surface area contributed by atoms with Crippen molar-refractivity contribution in [3.05, 3.63) is 0 Å². The third-order valence-corrected chi connectivity index (χ3v) is 3.22. The molecule has 0 saturated carbocycles. The highest BCUT2D eigenvalue weighted by atomic mass is 32.2. The first-order valence-electron chi connectivity index (χ1n) is 5.04. The molecule has 0 aromatic carbocycles. The first-order valence-corrected chi connectivity index (χ1v) is 6.20. The van der Waals surface area contributed by atoms with Gasteiger partial charge in [0.2, 0.25) is 0 Å². The third kappa shape index (κ3) is 4.73. The summed E-state index contributed by atoms with van der Waals surface area (Å²) in [6, 6.07) is 0. The lowest BCUT2D eigenvalue weighted by Crippen LogP contribution is -2.42. The van der Waals surface area contributed by atoms with Gasteiger partial charge in [-0.1, -0.05) is 0 Å². The zero-order valence-electron chi connectivity index (χ0n) is 9.43. The van der Waals surface area contributed by atoms with Gasteiger partial charge in [-0.05, 0) is 32.9 Å². The van der Waals surface area contributed by atoms with Crippen molar-refractivity contribution >= 4 is 17.9 Å². The van der Waals surface area contributed by atoms with Crippen LogP contribution in [0.1, 0.15) is 27.2 Å². The van der Waals surface area contributed by atoms with E-state index in [0.29, 0.717) is 12.2 Å². The van der Waals surface area contributed by atoms with Gasteiger partial charge in [0.05, 0.1) is 6.54 Å². The molecule has 1 aliphatic rings. The minimum absolute atomic E-state index is 0.0505. The van der Waals surface area contributed by atoms with Crippen LogP contribution in [0.15, 0.2) is 0 Å². The number of carbonyl (C=O) groups excluding carboxylic acids is 1. The molecular formula is C10H18FNO2S. The Morgan fingerprint density at radius 1 is 1.60 bits per heavy atom. The maximum atomic E-state index is 13.8. The Labute approximate surface area is 94.1 Å². The largest absolute Gasteiger partial charge is 0.444 e. The average molecular weight is 235 g/mol. The standard InChI is InChI=1S/C10H18FNO2S/c1-9(2,3)14-8(13)12-6-10(11)4-5-15-7-10/h4-7H2,1-3H3,(H,12,13). The molecule has 88 valence electrons. The molecule has 0 bridgehead atoms. The smallest absolute Gasteiger partial charge is 0.407 e. The van der Waals surface area contributed by atoms with Crippen molar-refractivity contribution in [3.63, 3.8) is 0 Å². The van der Waals surface area contributed by atoms with Gasteiger partial charge < -0.3 is 10.1 Å². The van der Waals surface area contributed by atoms with Crippen LogP contribution in [0, 0.1) is 0 Å². The third-order valence-electron chi connectivity index (χ3n) is 2.00. The molecule has 0 aromatic heterocycles. The number of hydrogen-bond donors (Lipinski definition) is 1. The Bertz CT molecular complexity index is 234. The highest BCUT2D eigenvalue weighted by molar-refractivity contribution is 7.99. The van der Waals surface area contributed by atoms with Crippen molar-refractivity contribution in [2.45, 2.75) is 38.5 Å². The first kappa shape index (κ1) is 12.6. The first-order chi connectivity index (χ1) is 6.81. The summed E-state index contributed by atoms with van der Waals surface area (Å²) in [6.07, 6.45) is -0.0376. The van der Waals surface area contributed by atoms with Gasteiger partial charge in [0.25, 0.3) is 0 Å². The molecule has 1 fully saturated rings. The second kappa shape index (κ2) is 4.60. The number of ether oxygens (including phenoxy) is 1. The Balaban J connectivity index is 2.28. The van der Waals surface area contributed by atoms with Gasteiger partial charge in [0.15, 0.2) is 0 Å². The number of alkyl halides is 1. The molecule has 1 N–H and O–H groups in total. The number of amides is 1. The van der Waals surface area contributed by atoms with E-state index in [1.165, 1.54) is 0 Å². The summed E-state index contributed by atoms with van der Waals surface area (Å²) in [7, 11) is 0. The molecular weight excluding hydrogens is 217 g/mol. The fourth-order valence-corrected chi connectivity index (χ4v) is 2.53. The number of halogens is 1. The SMILES string of the molecule is CC(C)(C)OC(=O)NCC1(F)CCSC1. The van der Waals surface area contributed by atoms with E-state index < -0.39 is 17.4 Å². The zero-order valence-corrected chi connectivity index (χ0v) is 10.2. The molecule has 3 nitrogen and oxygen atoms in total. The Morgan fingerprint density at radius 3 is 2.73 bits per heavy atom. The predicted molar refractivity (Wildman–Crippen MR) is 60.0 cm³/mol. The van der Waals surface area contributed by atoms with Crippen molar-refractivity contribution in [2.75, 3.05) is 18.1 Å². The minimum Gasteiger partial charge on any atom is -0.444 e. The van der Waals surface area contributed by atoms with E-state index in [1.807, 2.05) is 0 Å². The monoisotopic (exact) mass is 235 g/mol. The van der Waals surface area contributed by atoms with E-state index in [0.717, 1.165) is 5.75 Å². The summed E-state index contributed by atoms with van der Waals surface area (Å²) in [6.45, 7) is 5.39. The Kier molecular flexibility index (Phi) is 3.87. The van der Waals surface area contributed by atoms with E-state index in [1.54, 1.807) is 32.5 Å². The summed E-state index contributed by atoms with van der Waals surface area (Å²) in [5, 5.41) is 2.47. The maximum absolute atomic E-state index is 13.8. The normalized spacial score (nSPS) is 26.4. The zero-order chi connectivity index (χ0) is 11.5. The number of nitrogens with one attached hydrogen (secondary N) is 1. The lowest BCUT2D eigenvalue weighted by molar-refractivity contribution is 0.0488. The van der Waals surface area contributed by atoms with Gasteiger partial charge in [-0.3, -0.25) is 0 Å². The van der Waals surface area contributed by atoms with Crippen LogP contribution in [0.5, 0.6) is 0 Å². The molecule has 1 heterocycles. The van der Waals surface area contributed by atoms with Crippen molar-refractivity contribution in [1.29, 1.82) is 0 Å². The predicted octanol–water partition coefficient (Wildman–Crippen LogP) is 2.36. The number of hydrogen-bond acceptors (Lipinski definition) is 3. The molecule has 1 aliphatic heterocycles. The number of rotatable bonds is 2. The van der Waals surface area contributed by atoms with Gasteiger partial charge in [-0.2, -0.15) is 11.8 Å². The second-order valence-corrected chi connectivity index (χ2v) is 5.91. The van der Waals surface area contributed by atoms with Gasteiger partial charge >= 0.3 is 6.09 Å². The van der Waals surface area contributed by atoms with Crippen LogP contribution in [-0.4, -0.2) is 35.4 Å². The summed E-state index contributed by atoms with van der Waals surface area (Å²) in [5.41, 5.74) is -1.78. The average Bonchev–Trinajstić information content (AvgIpc) is 2.47. The van der Waals surface area contributed by atoms with Crippen molar-refractivity contribution < 1.29 is 13.9 Å². The number of carbonyl (C=O) groups is 1.